The number of hydrogen-bond acceptors (Lipinski definition) is 5. The summed E-state index contributed by atoms with van der Waals surface area (Å²) >= 11 is 0. The van der Waals surface area contributed by atoms with Crippen molar-refractivity contribution < 1.29 is 19.2 Å². The molecule has 0 aromatic heterocycles. The standard InChI is InChI=1S/C21H17NO5/c1-26-21(16-8-4-2-5-9-16,17-10-6-3-7-11-17)20(23)27-19-14-12-18(13-15-19)22(24)25/h2-15H,1H3. The third kappa shape index (κ3) is 3.56. The van der Waals surface area contributed by atoms with Crippen molar-refractivity contribution in [1.82, 2.24) is 0 Å². The van der Waals surface area contributed by atoms with Gasteiger partial charge in [0.25, 0.3) is 5.69 Å². The van der Waals surface area contributed by atoms with E-state index >= 15 is 0 Å². The average molecular weight is 363 g/mol. The molecule has 0 saturated heterocycles. The van der Waals surface area contributed by atoms with Gasteiger partial charge in [-0.05, 0) is 23.3 Å². The molecule has 0 bridgehead atoms. The van der Waals surface area contributed by atoms with Gasteiger partial charge in [-0.15, -0.1) is 0 Å². The van der Waals surface area contributed by atoms with Crippen molar-refractivity contribution in [1.29, 1.82) is 0 Å². The zero-order valence-electron chi connectivity index (χ0n) is 14.6. The maximum Gasteiger partial charge on any atom is 0.353 e. The maximum absolute atomic E-state index is 13.2. The molecule has 3 aromatic rings. The fourth-order valence-corrected chi connectivity index (χ4v) is 2.88. The second kappa shape index (κ2) is 7.80. The summed E-state index contributed by atoms with van der Waals surface area (Å²) in [5.41, 5.74) is -0.320. The lowest BCUT2D eigenvalue weighted by molar-refractivity contribution is -0.384. The van der Waals surface area contributed by atoms with Gasteiger partial charge in [0.2, 0.25) is 5.60 Å². The van der Waals surface area contributed by atoms with Crippen molar-refractivity contribution in [2.24, 2.45) is 0 Å². The molecule has 0 aliphatic carbocycles. The van der Waals surface area contributed by atoms with Gasteiger partial charge in [-0.1, -0.05) is 60.7 Å². The molecule has 0 unspecified atom stereocenters. The molecule has 0 fully saturated rings. The van der Waals surface area contributed by atoms with Crippen LogP contribution in [0.1, 0.15) is 11.1 Å². The SMILES string of the molecule is COC(C(=O)Oc1ccc([N+](=O)[O-])cc1)(c1ccccc1)c1ccccc1. The summed E-state index contributed by atoms with van der Waals surface area (Å²) in [6, 6.07) is 23.4. The zero-order chi connectivity index (χ0) is 19.3. The number of nitro groups is 1. The summed E-state index contributed by atoms with van der Waals surface area (Å²) in [5, 5.41) is 10.8. The molecule has 6 heteroatoms. The minimum Gasteiger partial charge on any atom is -0.424 e. The van der Waals surface area contributed by atoms with Crippen LogP contribution in [0, 0.1) is 10.1 Å². The van der Waals surface area contributed by atoms with Gasteiger partial charge in [0, 0.05) is 19.2 Å². The highest BCUT2D eigenvalue weighted by molar-refractivity contribution is 5.87. The second-order valence-corrected chi connectivity index (χ2v) is 5.76. The minimum absolute atomic E-state index is 0.0843. The van der Waals surface area contributed by atoms with Crippen molar-refractivity contribution in [3.05, 3.63) is 106 Å². The summed E-state index contributed by atoms with van der Waals surface area (Å²) in [7, 11) is 1.44. The Labute approximate surface area is 156 Å². The van der Waals surface area contributed by atoms with Crippen molar-refractivity contribution in [3.63, 3.8) is 0 Å². The van der Waals surface area contributed by atoms with Gasteiger partial charge in [0.15, 0.2) is 0 Å². The third-order valence-corrected chi connectivity index (χ3v) is 4.21. The van der Waals surface area contributed by atoms with Crippen LogP contribution in [0.25, 0.3) is 0 Å². The van der Waals surface area contributed by atoms with E-state index in [1.54, 1.807) is 24.3 Å². The highest BCUT2D eigenvalue weighted by Gasteiger charge is 2.44. The summed E-state index contributed by atoms with van der Waals surface area (Å²) < 4.78 is 11.3. The Balaban J connectivity index is 2.02. The quantitative estimate of drug-likeness (QED) is 0.285. The summed E-state index contributed by atoms with van der Waals surface area (Å²) in [5.74, 6) is -0.449. The minimum atomic E-state index is -1.47. The van der Waals surface area contributed by atoms with Gasteiger partial charge in [-0.3, -0.25) is 10.1 Å². The lowest BCUT2D eigenvalue weighted by Crippen LogP contribution is -2.42. The van der Waals surface area contributed by atoms with Crippen LogP contribution in [0.4, 0.5) is 5.69 Å². The molecule has 0 radical (unpaired) electrons. The first-order chi connectivity index (χ1) is 13.1. The van der Waals surface area contributed by atoms with E-state index in [1.165, 1.54) is 31.4 Å². The van der Waals surface area contributed by atoms with Gasteiger partial charge in [0.05, 0.1) is 4.92 Å². The van der Waals surface area contributed by atoms with Crippen LogP contribution in [0.2, 0.25) is 0 Å². The molecule has 0 amide bonds. The van der Waals surface area contributed by atoms with Gasteiger partial charge in [-0.2, -0.15) is 0 Å². The van der Waals surface area contributed by atoms with Crippen LogP contribution in [0.3, 0.4) is 0 Å². The molecule has 0 atom stereocenters. The first-order valence-corrected chi connectivity index (χ1v) is 8.21. The Bertz CT molecular complexity index is 884. The Kier molecular flexibility index (Phi) is 5.28. The lowest BCUT2D eigenvalue weighted by atomic mass is 9.86. The smallest absolute Gasteiger partial charge is 0.353 e. The molecule has 0 N–H and O–H groups in total. The van der Waals surface area contributed by atoms with Crippen LogP contribution >= 0.6 is 0 Å². The predicted molar refractivity (Wildman–Crippen MR) is 99.4 cm³/mol. The monoisotopic (exact) mass is 363 g/mol. The first kappa shape index (κ1) is 18.3. The van der Waals surface area contributed by atoms with E-state index in [4.69, 9.17) is 9.47 Å². The number of nitrogens with zero attached hydrogens (tertiary/aromatic N) is 1. The largest absolute Gasteiger partial charge is 0.424 e. The highest BCUT2D eigenvalue weighted by atomic mass is 16.6. The van der Waals surface area contributed by atoms with E-state index in [1.807, 2.05) is 36.4 Å². The number of non-ortho nitro benzene ring substituents is 1. The number of hydrogen-bond donors (Lipinski definition) is 0. The number of rotatable bonds is 6. The predicted octanol–water partition coefficient (Wildman–Crippen LogP) is 4.09. The van der Waals surface area contributed by atoms with Crippen LogP contribution in [0.15, 0.2) is 84.9 Å². The van der Waals surface area contributed by atoms with E-state index in [0.717, 1.165) is 0 Å². The molecular weight excluding hydrogens is 346 g/mol. The fourth-order valence-electron chi connectivity index (χ4n) is 2.88. The van der Waals surface area contributed by atoms with Crippen LogP contribution in [-0.4, -0.2) is 18.0 Å². The molecule has 0 saturated carbocycles. The van der Waals surface area contributed by atoms with Crippen LogP contribution in [-0.2, 0) is 15.1 Å². The topological polar surface area (TPSA) is 78.7 Å². The lowest BCUT2D eigenvalue weighted by Gasteiger charge is -2.31. The molecule has 0 spiro atoms. The Morgan fingerprint density at radius 1 is 0.852 bits per heavy atom. The summed E-state index contributed by atoms with van der Waals surface area (Å²) in [6.45, 7) is 0. The van der Waals surface area contributed by atoms with Crippen molar-refractivity contribution in [2.75, 3.05) is 7.11 Å². The van der Waals surface area contributed by atoms with Crippen molar-refractivity contribution >= 4 is 11.7 Å². The normalized spacial score (nSPS) is 11.0. The van der Waals surface area contributed by atoms with Gasteiger partial charge in [0.1, 0.15) is 5.75 Å². The molecule has 0 heterocycles. The van der Waals surface area contributed by atoms with E-state index in [0.29, 0.717) is 11.1 Å². The summed E-state index contributed by atoms with van der Waals surface area (Å²) in [6.07, 6.45) is 0. The molecule has 136 valence electrons. The number of esters is 1. The number of methoxy groups -OCH3 is 1. The van der Waals surface area contributed by atoms with Crippen molar-refractivity contribution in [3.8, 4) is 5.75 Å². The van der Waals surface area contributed by atoms with E-state index < -0.39 is 16.5 Å². The molecule has 0 aliphatic heterocycles. The number of benzene rings is 3. The van der Waals surface area contributed by atoms with E-state index in [-0.39, 0.29) is 11.4 Å². The third-order valence-electron chi connectivity index (χ3n) is 4.21. The molecule has 27 heavy (non-hydrogen) atoms. The van der Waals surface area contributed by atoms with Gasteiger partial charge < -0.3 is 9.47 Å². The Morgan fingerprint density at radius 3 is 1.74 bits per heavy atom. The highest BCUT2D eigenvalue weighted by Crippen LogP contribution is 2.35. The molecule has 0 aliphatic rings. The molecule has 3 aromatic carbocycles. The molecule has 3 rings (SSSR count). The average Bonchev–Trinajstić information content (AvgIpc) is 2.71. The second-order valence-electron chi connectivity index (χ2n) is 5.76. The van der Waals surface area contributed by atoms with Crippen molar-refractivity contribution in [2.45, 2.75) is 5.60 Å². The van der Waals surface area contributed by atoms with Crippen LogP contribution < -0.4 is 4.74 Å². The number of ether oxygens (including phenoxy) is 2. The number of carbonyl (C=O) groups is 1. The Hall–Kier alpha value is -3.51. The molecular formula is C21H17NO5. The maximum atomic E-state index is 13.2. The number of nitro benzene ring substituents is 1. The fraction of sp³-hybridized carbons (Fsp3) is 0.0952. The number of carbonyl (C=O) groups excluding carboxylic acids is 1. The van der Waals surface area contributed by atoms with Gasteiger partial charge in [-0.25, -0.2) is 4.79 Å². The molecule has 6 nitrogen and oxygen atoms in total. The van der Waals surface area contributed by atoms with E-state index in [2.05, 4.69) is 0 Å². The van der Waals surface area contributed by atoms with Gasteiger partial charge >= 0.3 is 5.97 Å². The zero-order valence-corrected chi connectivity index (χ0v) is 14.6. The summed E-state index contributed by atoms with van der Waals surface area (Å²) in [4.78, 5) is 23.5. The Morgan fingerprint density at radius 2 is 1.33 bits per heavy atom. The van der Waals surface area contributed by atoms with Crippen LogP contribution in [0.5, 0.6) is 5.75 Å². The first-order valence-electron chi connectivity index (χ1n) is 8.21. The van der Waals surface area contributed by atoms with E-state index in [9.17, 15) is 14.9 Å².